The van der Waals surface area contributed by atoms with Crippen LogP contribution in [0, 0.1) is 13.8 Å². The lowest BCUT2D eigenvalue weighted by atomic mass is 10.1. The molecule has 1 aliphatic heterocycles. The number of aromatic nitrogens is 2. The highest BCUT2D eigenvalue weighted by molar-refractivity contribution is 5.23. The molecule has 1 aliphatic rings. The molecule has 0 bridgehead atoms. The van der Waals surface area contributed by atoms with Gasteiger partial charge in [-0.1, -0.05) is 0 Å². The third-order valence-electron chi connectivity index (χ3n) is 3.35. The van der Waals surface area contributed by atoms with Gasteiger partial charge in [-0.05, 0) is 33.2 Å². The summed E-state index contributed by atoms with van der Waals surface area (Å²) in [4.78, 5) is 2.35. The number of aliphatic hydroxyl groups excluding tert-OH is 1. The van der Waals surface area contributed by atoms with Crippen molar-refractivity contribution in [2.75, 3.05) is 13.2 Å². The Labute approximate surface area is 90.3 Å². The largest absolute Gasteiger partial charge is 0.395 e. The first kappa shape index (κ1) is 10.6. The summed E-state index contributed by atoms with van der Waals surface area (Å²) in [7, 11) is 0. The van der Waals surface area contributed by atoms with Crippen molar-refractivity contribution in [1.29, 1.82) is 0 Å². The van der Waals surface area contributed by atoms with Crippen molar-refractivity contribution in [3.05, 3.63) is 17.0 Å². The van der Waals surface area contributed by atoms with Gasteiger partial charge in [0.1, 0.15) is 0 Å². The Morgan fingerprint density at radius 2 is 2.33 bits per heavy atom. The monoisotopic (exact) mass is 209 g/mol. The van der Waals surface area contributed by atoms with E-state index in [0.29, 0.717) is 6.04 Å². The molecule has 0 radical (unpaired) electrons. The van der Waals surface area contributed by atoms with Crippen molar-refractivity contribution in [3.8, 4) is 0 Å². The summed E-state index contributed by atoms with van der Waals surface area (Å²) in [5.74, 6) is 0. The maximum Gasteiger partial charge on any atom is 0.0639 e. The Morgan fingerprint density at radius 1 is 1.53 bits per heavy atom. The highest BCUT2D eigenvalue weighted by Crippen LogP contribution is 2.21. The minimum atomic E-state index is 0.274. The number of nitrogens with one attached hydrogen (secondary N) is 1. The van der Waals surface area contributed by atoms with E-state index < -0.39 is 0 Å². The third-order valence-corrected chi connectivity index (χ3v) is 3.35. The zero-order valence-electron chi connectivity index (χ0n) is 9.45. The number of aromatic amines is 1. The van der Waals surface area contributed by atoms with Gasteiger partial charge in [0, 0.05) is 23.8 Å². The van der Waals surface area contributed by atoms with Crippen LogP contribution in [0.1, 0.15) is 29.8 Å². The third kappa shape index (κ3) is 2.06. The van der Waals surface area contributed by atoms with E-state index in [0.717, 1.165) is 30.9 Å². The molecule has 1 fully saturated rings. The second-order valence-corrected chi connectivity index (χ2v) is 4.36. The summed E-state index contributed by atoms with van der Waals surface area (Å²) in [6.07, 6.45) is 2.31. The number of nitrogens with zero attached hydrogens (tertiary/aromatic N) is 2. The van der Waals surface area contributed by atoms with Crippen LogP contribution in [0.2, 0.25) is 0 Å². The van der Waals surface area contributed by atoms with Crippen LogP contribution in [0.3, 0.4) is 0 Å². The lowest BCUT2D eigenvalue weighted by molar-refractivity contribution is 0.153. The molecule has 2 N–H and O–H groups in total. The van der Waals surface area contributed by atoms with Crippen molar-refractivity contribution >= 4 is 0 Å². The zero-order valence-corrected chi connectivity index (χ0v) is 9.45. The van der Waals surface area contributed by atoms with Crippen molar-refractivity contribution in [2.24, 2.45) is 0 Å². The van der Waals surface area contributed by atoms with Gasteiger partial charge in [-0.15, -0.1) is 0 Å². The van der Waals surface area contributed by atoms with Crippen LogP contribution in [0.25, 0.3) is 0 Å². The molecule has 84 valence electrons. The number of hydrogen-bond acceptors (Lipinski definition) is 3. The van der Waals surface area contributed by atoms with E-state index in [1.54, 1.807) is 0 Å². The summed E-state index contributed by atoms with van der Waals surface area (Å²) in [5.41, 5.74) is 3.52. The van der Waals surface area contributed by atoms with Gasteiger partial charge in [-0.2, -0.15) is 5.10 Å². The van der Waals surface area contributed by atoms with Gasteiger partial charge in [0.25, 0.3) is 0 Å². The number of likely N-dealkylation sites (tertiary alicyclic amines) is 1. The predicted molar refractivity (Wildman–Crippen MR) is 58.6 cm³/mol. The molecule has 0 aliphatic carbocycles. The first-order valence-electron chi connectivity index (χ1n) is 5.57. The minimum absolute atomic E-state index is 0.274. The Bertz CT molecular complexity index is 315. The molecule has 0 unspecified atom stereocenters. The molecule has 15 heavy (non-hydrogen) atoms. The van der Waals surface area contributed by atoms with Crippen LogP contribution in [0.4, 0.5) is 0 Å². The van der Waals surface area contributed by atoms with E-state index in [4.69, 9.17) is 0 Å². The molecule has 2 heterocycles. The SMILES string of the molecule is Cc1n[nH]c(C)c1CN1CCC[C@H]1CO. The van der Waals surface area contributed by atoms with Gasteiger partial charge in [0.05, 0.1) is 12.3 Å². The highest BCUT2D eigenvalue weighted by atomic mass is 16.3. The lowest BCUT2D eigenvalue weighted by Gasteiger charge is -2.22. The van der Waals surface area contributed by atoms with E-state index in [-0.39, 0.29) is 6.61 Å². The lowest BCUT2D eigenvalue weighted by Crippen LogP contribution is -2.31. The molecular weight excluding hydrogens is 190 g/mol. The van der Waals surface area contributed by atoms with Crippen LogP contribution in [0.5, 0.6) is 0 Å². The van der Waals surface area contributed by atoms with Crippen molar-refractivity contribution < 1.29 is 5.11 Å². The fraction of sp³-hybridized carbons (Fsp3) is 0.727. The van der Waals surface area contributed by atoms with E-state index in [1.807, 2.05) is 6.92 Å². The normalized spacial score (nSPS) is 22.5. The van der Waals surface area contributed by atoms with Gasteiger partial charge in [-0.3, -0.25) is 10.00 Å². The van der Waals surface area contributed by atoms with Crippen molar-refractivity contribution in [3.63, 3.8) is 0 Å². The molecule has 1 atom stereocenters. The van der Waals surface area contributed by atoms with Gasteiger partial charge < -0.3 is 5.11 Å². The molecular formula is C11H19N3O. The highest BCUT2D eigenvalue weighted by Gasteiger charge is 2.24. The molecule has 0 amide bonds. The molecule has 4 nitrogen and oxygen atoms in total. The van der Waals surface area contributed by atoms with E-state index in [1.165, 1.54) is 12.0 Å². The first-order valence-corrected chi connectivity index (χ1v) is 5.57. The average Bonchev–Trinajstić information content (AvgIpc) is 2.79. The molecule has 1 aromatic rings. The fourth-order valence-electron chi connectivity index (χ4n) is 2.32. The van der Waals surface area contributed by atoms with Crippen LogP contribution < -0.4 is 0 Å². The second kappa shape index (κ2) is 4.33. The summed E-state index contributed by atoms with van der Waals surface area (Å²) < 4.78 is 0. The number of aliphatic hydroxyl groups is 1. The molecule has 4 heteroatoms. The number of rotatable bonds is 3. The summed E-state index contributed by atoms with van der Waals surface area (Å²) in [6.45, 7) is 6.37. The number of hydrogen-bond donors (Lipinski definition) is 2. The smallest absolute Gasteiger partial charge is 0.0639 e. The molecule has 1 aromatic heterocycles. The molecule has 1 saturated heterocycles. The Balaban J connectivity index is 2.08. The van der Waals surface area contributed by atoms with Gasteiger partial charge in [-0.25, -0.2) is 0 Å². The number of H-pyrrole nitrogens is 1. The Hall–Kier alpha value is -0.870. The van der Waals surface area contributed by atoms with Gasteiger partial charge >= 0.3 is 0 Å². The maximum absolute atomic E-state index is 9.24. The Kier molecular flexibility index (Phi) is 3.07. The van der Waals surface area contributed by atoms with Crippen LogP contribution in [-0.4, -0.2) is 39.4 Å². The molecule has 2 rings (SSSR count). The van der Waals surface area contributed by atoms with Gasteiger partial charge in [0.2, 0.25) is 0 Å². The second-order valence-electron chi connectivity index (χ2n) is 4.36. The van der Waals surface area contributed by atoms with E-state index in [9.17, 15) is 5.11 Å². The molecule has 0 spiro atoms. The number of aryl methyl sites for hydroxylation is 2. The minimum Gasteiger partial charge on any atom is -0.395 e. The van der Waals surface area contributed by atoms with Crippen LogP contribution >= 0.6 is 0 Å². The van der Waals surface area contributed by atoms with Crippen LogP contribution in [-0.2, 0) is 6.54 Å². The summed E-state index contributed by atoms with van der Waals surface area (Å²) >= 11 is 0. The van der Waals surface area contributed by atoms with E-state index >= 15 is 0 Å². The van der Waals surface area contributed by atoms with Gasteiger partial charge in [0.15, 0.2) is 0 Å². The first-order chi connectivity index (χ1) is 7.22. The molecule has 0 aromatic carbocycles. The van der Waals surface area contributed by atoms with Crippen molar-refractivity contribution in [1.82, 2.24) is 15.1 Å². The predicted octanol–water partition coefficient (Wildman–Crippen LogP) is 0.983. The quantitative estimate of drug-likeness (QED) is 0.780. The average molecular weight is 209 g/mol. The summed E-state index contributed by atoms with van der Waals surface area (Å²) in [5, 5.41) is 16.4. The fourth-order valence-corrected chi connectivity index (χ4v) is 2.32. The summed E-state index contributed by atoms with van der Waals surface area (Å²) in [6, 6.07) is 0.346. The molecule has 0 saturated carbocycles. The topological polar surface area (TPSA) is 52.2 Å². The zero-order chi connectivity index (χ0) is 10.8. The van der Waals surface area contributed by atoms with Crippen molar-refractivity contribution in [2.45, 2.75) is 39.3 Å². The Morgan fingerprint density at radius 3 is 2.93 bits per heavy atom. The maximum atomic E-state index is 9.24. The van der Waals surface area contributed by atoms with E-state index in [2.05, 4.69) is 22.0 Å². The standard InChI is InChI=1S/C11H19N3O/c1-8-11(9(2)13-12-8)6-14-5-3-4-10(14)7-15/h10,15H,3-7H2,1-2H3,(H,12,13)/t10-/m0/s1. The van der Waals surface area contributed by atoms with Crippen LogP contribution in [0.15, 0.2) is 0 Å².